The van der Waals surface area contributed by atoms with Crippen LogP contribution in [0, 0.1) is 34.0 Å². The molecule has 0 spiro atoms. The Hall–Kier alpha value is -1.30. The van der Waals surface area contributed by atoms with Gasteiger partial charge in [-0.2, -0.15) is 0 Å². The highest BCUT2D eigenvalue weighted by atomic mass is 127. The Bertz CT molecular complexity index is 913. The van der Waals surface area contributed by atoms with Crippen LogP contribution in [0.2, 0.25) is 0 Å². The zero-order valence-corrected chi connectivity index (χ0v) is 18.6. The highest BCUT2D eigenvalue weighted by Crippen LogP contribution is 2.37. The van der Waals surface area contributed by atoms with E-state index in [1.165, 1.54) is 6.07 Å². The molecular weight excluding hydrogens is 549 g/mol. The Morgan fingerprint density at radius 3 is 2.71 bits per heavy atom. The molecular formula is C19H18BrF2IN2O3. The molecule has 2 aromatic rings. The van der Waals surface area contributed by atoms with Crippen LogP contribution in [0.25, 0.3) is 0 Å². The monoisotopic (exact) mass is 566 g/mol. The number of benzene rings is 2. The van der Waals surface area contributed by atoms with Crippen LogP contribution < -0.4 is 10.8 Å². The lowest BCUT2D eigenvalue weighted by atomic mass is 10.1. The predicted octanol–water partition coefficient (Wildman–Crippen LogP) is 4.67. The fraction of sp³-hybridized carbons (Fsp3) is 0.316. The predicted molar refractivity (Wildman–Crippen MR) is 113 cm³/mol. The van der Waals surface area contributed by atoms with Crippen molar-refractivity contribution in [3.63, 3.8) is 0 Å². The van der Waals surface area contributed by atoms with Crippen LogP contribution in [0.15, 0.2) is 28.7 Å². The van der Waals surface area contributed by atoms with Gasteiger partial charge in [-0.25, -0.2) is 14.3 Å². The Labute approximate surface area is 183 Å². The van der Waals surface area contributed by atoms with Gasteiger partial charge in [0.1, 0.15) is 0 Å². The second-order valence-electron chi connectivity index (χ2n) is 6.67. The lowest BCUT2D eigenvalue weighted by Gasteiger charge is -2.16. The standard InChI is InChI=1S/C19H18BrF2IN2O3/c1-9-4-12(23)2-3-15(9)24-18-13(6-14(20)16(21)17(18)22)19(27)25-28-8-11-5-10(11)7-26/h2-4,6,10-11,24,26H,5,7-8H2,1H3,(H,25,27). The molecule has 0 aliphatic heterocycles. The number of carbonyl (C=O) groups is 1. The van der Waals surface area contributed by atoms with E-state index < -0.39 is 17.5 Å². The Morgan fingerprint density at radius 1 is 1.32 bits per heavy atom. The smallest absolute Gasteiger partial charge is 0.277 e. The molecule has 1 aliphatic carbocycles. The summed E-state index contributed by atoms with van der Waals surface area (Å²) in [6.45, 7) is 2.16. The summed E-state index contributed by atoms with van der Waals surface area (Å²) >= 11 is 5.09. The molecule has 2 aromatic carbocycles. The first kappa shape index (κ1) is 21.4. The first-order chi connectivity index (χ1) is 13.3. The van der Waals surface area contributed by atoms with Crippen molar-refractivity contribution in [2.75, 3.05) is 18.5 Å². The van der Waals surface area contributed by atoms with Crippen LogP contribution in [0.4, 0.5) is 20.2 Å². The largest absolute Gasteiger partial charge is 0.396 e. The summed E-state index contributed by atoms with van der Waals surface area (Å²) in [6.07, 6.45) is 0.835. The number of hydrogen-bond donors (Lipinski definition) is 3. The van der Waals surface area contributed by atoms with Crippen molar-refractivity contribution >= 4 is 55.8 Å². The van der Waals surface area contributed by atoms with Gasteiger partial charge in [0, 0.05) is 15.9 Å². The van der Waals surface area contributed by atoms with Crippen LogP contribution in [0.1, 0.15) is 22.3 Å². The van der Waals surface area contributed by atoms with E-state index in [9.17, 15) is 13.6 Å². The normalized spacial score (nSPS) is 18.1. The van der Waals surface area contributed by atoms with E-state index >= 15 is 0 Å². The highest BCUT2D eigenvalue weighted by Gasteiger charge is 2.36. The maximum absolute atomic E-state index is 14.6. The van der Waals surface area contributed by atoms with Crippen molar-refractivity contribution in [3.8, 4) is 0 Å². The van der Waals surface area contributed by atoms with Gasteiger partial charge < -0.3 is 10.4 Å². The average Bonchev–Trinajstić information content (AvgIpc) is 3.42. The quantitative estimate of drug-likeness (QED) is 0.259. The lowest BCUT2D eigenvalue weighted by molar-refractivity contribution is 0.0248. The molecule has 9 heteroatoms. The summed E-state index contributed by atoms with van der Waals surface area (Å²) in [5.74, 6) is -2.58. The van der Waals surface area contributed by atoms with E-state index in [-0.39, 0.29) is 40.8 Å². The van der Waals surface area contributed by atoms with E-state index in [0.717, 1.165) is 15.6 Å². The molecule has 2 atom stereocenters. The van der Waals surface area contributed by atoms with Gasteiger partial charge in [0.25, 0.3) is 5.91 Å². The maximum Gasteiger partial charge on any atom is 0.277 e. The molecule has 0 bridgehead atoms. The molecule has 2 unspecified atom stereocenters. The van der Waals surface area contributed by atoms with Crippen molar-refractivity contribution < 1.29 is 23.5 Å². The molecule has 0 saturated heterocycles. The summed E-state index contributed by atoms with van der Waals surface area (Å²) in [5.41, 5.74) is 3.27. The molecule has 1 amide bonds. The van der Waals surface area contributed by atoms with Gasteiger partial charge in [0.15, 0.2) is 11.6 Å². The first-order valence-corrected chi connectivity index (χ1v) is 10.4. The van der Waals surface area contributed by atoms with Crippen LogP contribution in [-0.2, 0) is 4.84 Å². The molecule has 3 N–H and O–H groups in total. The molecule has 3 rings (SSSR count). The number of rotatable bonds is 7. The number of aliphatic hydroxyl groups is 1. The third-order valence-corrected chi connectivity index (χ3v) is 5.87. The molecule has 0 heterocycles. The van der Waals surface area contributed by atoms with E-state index in [2.05, 4.69) is 49.3 Å². The zero-order valence-electron chi connectivity index (χ0n) is 14.9. The molecule has 1 saturated carbocycles. The first-order valence-electron chi connectivity index (χ1n) is 8.55. The molecule has 150 valence electrons. The van der Waals surface area contributed by atoms with E-state index in [1.54, 1.807) is 6.07 Å². The fourth-order valence-electron chi connectivity index (χ4n) is 2.81. The van der Waals surface area contributed by atoms with Crippen molar-refractivity contribution in [1.82, 2.24) is 5.48 Å². The fourth-order valence-corrected chi connectivity index (χ4v) is 3.86. The Kier molecular flexibility index (Phi) is 6.89. The van der Waals surface area contributed by atoms with Crippen LogP contribution in [-0.4, -0.2) is 24.2 Å². The van der Waals surface area contributed by atoms with E-state index in [4.69, 9.17) is 9.94 Å². The zero-order chi connectivity index (χ0) is 20.4. The highest BCUT2D eigenvalue weighted by molar-refractivity contribution is 14.1. The minimum Gasteiger partial charge on any atom is -0.396 e. The number of aryl methyl sites for hydroxylation is 1. The van der Waals surface area contributed by atoms with E-state index in [1.807, 2.05) is 19.1 Å². The SMILES string of the molecule is Cc1cc(I)ccc1Nc1c(C(=O)NOCC2CC2CO)cc(Br)c(F)c1F. The molecule has 28 heavy (non-hydrogen) atoms. The number of anilines is 2. The number of aliphatic hydroxyl groups excluding tert-OH is 1. The van der Waals surface area contributed by atoms with Gasteiger partial charge in [-0.15, -0.1) is 0 Å². The maximum atomic E-state index is 14.6. The summed E-state index contributed by atoms with van der Waals surface area (Å²) in [4.78, 5) is 17.7. The molecule has 1 fully saturated rings. The van der Waals surface area contributed by atoms with Crippen LogP contribution in [0.3, 0.4) is 0 Å². The van der Waals surface area contributed by atoms with Gasteiger partial charge in [-0.1, -0.05) is 0 Å². The number of hydroxylamine groups is 1. The van der Waals surface area contributed by atoms with Gasteiger partial charge in [-0.3, -0.25) is 9.63 Å². The topological polar surface area (TPSA) is 70.6 Å². The molecule has 1 aliphatic rings. The van der Waals surface area contributed by atoms with Crippen LogP contribution in [0.5, 0.6) is 0 Å². The van der Waals surface area contributed by atoms with Crippen molar-refractivity contribution in [2.45, 2.75) is 13.3 Å². The number of carbonyl (C=O) groups excluding carboxylic acids is 1. The minimum atomic E-state index is -1.17. The molecule has 5 nitrogen and oxygen atoms in total. The molecule has 0 aromatic heterocycles. The van der Waals surface area contributed by atoms with E-state index in [0.29, 0.717) is 5.69 Å². The second-order valence-corrected chi connectivity index (χ2v) is 8.77. The third-order valence-electron chi connectivity index (χ3n) is 4.62. The third kappa shape index (κ3) is 4.81. The lowest BCUT2D eigenvalue weighted by Crippen LogP contribution is -2.26. The Morgan fingerprint density at radius 2 is 2.07 bits per heavy atom. The number of nitrogens with one attached hydrogen (secondary N) is 2. The number of amides is 1. The summed E-state index contributed by atoms with van der Waals surface area (Å²) in [5, 5.41) is 11.9. The van der Waals surface area contributed by atoms with Gasteiger partial charge in [0.05, 0.1) is 22.3 Å². The van der Waals surface area contributed by atoms with Crippen molar-refractivity contribution in [3.05, 3.63) is 55.1 Å². The molecule has 0 radical (unpaired) electrons. The van der Waals surface area contributed by atoms with Gasteiger partial charge in [0.2, 0.25) is 0 Å². The summed E-state index contributed by atoms with van der Waals surface area (Å²) in [6, 6.07) is 6.64. The Balaban J connectivity index is 1.82. The minimum absolute atomic E-state index is 0.0848. The van der Waals surface area contributed by atoms with Gasteiger partial charge >= 0.3 is 0 Å². The van der Waals surface area contributed by atoms with Gasteiger partial charge in [-0.05, 0) is 93.5 Å². The van der Waals surface area contributed by atoms with Crippen molar-refractivity contribution in [2.24, 2.45) is 11.8 Å². The number of hydrogen-bond acceptors (Lipinski definition) is 4. The summed E-state index contributed by atoms with van der Waals surface area (Å²) in [7, 11) is 0. The van der Waals surface area contributed by atoms with Crippen LogP contribution >= 0.6 is 38.5 Å². The number of halogens is 4. The van der Waals surface area contributed by atoms with Crippen molar-refractivity contribution in [1.29, 1.82) is 0 Å². The second kappa shape index (κ2) is 9.02. The summed E-state index contributed by atoms with van der Waals surface area (Å²) < 4.78 is 29.6. The average molecular weight is 567 g/mol.